The summed E-state index contributed by atoms with van der Waals surface area (Å²) in [6, 6.07) is 11.0. The Morgan fingerprint density at radius 3 is 2.14 bits per heavy atom. The summed E-state index contributed by atoms with van der Waals surface area (Å²) in [7, 11) is 4.65. The Morgan fingerprint density at radius 1 is 1.00 bits per heavy atom. The number of amides is 1. The van der Waals surface area contributed by atoms with Crippen molar-refractivity contribution in [3.05, 3.63) is 58.8 Å². The van der Waals surface area contributed by atoms with E-state index in [0.29, 0.717) is 45.9 Å². The van der Waals surface area contributed by atoms with Crippen LogP contribution in [0.3, 0.4) is 0 Å². The molecule has 1 aromatic heterocycles. The van der Waals surface area contributed by atoms with Gasteiger partial charge >= 0.3 is 0 Å². The average molecular weight is 478 g/mol. The van der Waals surface area contributed by atoms with Crippen LogP contribution in [0.1, 0.15) is 44.9 Å². The molecule has 4 rings (SSSR count). The van der Waals surface area contributed by atoms with E-state index < -0.39 is 11.9 Å². The highest BCUT2D eigenvalue weighted by atomic mass is 16.5. The van der Waals surface area contributed by atoms with Gasteiger partial charge in [-0.25, -0.2) is 4.68 Å². The van der Waals surface area contributed by atoms with Crippen molar-refractivity contribution in [2.24, 2.45) is 5.73 Å². The third kappa shape index (κ3) is 4.29. The van der Waals surface area contributed by atoms with Crippen molar-refractivity contribution in [1.82, 2.24) is 14.8 Å². The van der Waals surface area contributed by atoms with E-state index in [1.165, 1.54) is 5.56 Å². The Balaban J connectivity index is 1.89. The van der Waals surface area contributed by atoms with Gasteiger partial charge in [0, 0.05) is 22.9 Å². The van der Waals surface area contributed by atoms with Crippen molar-refractivity contribution in [1.29, 1.82) is 0 Å². The number of hydrogen-bond donors (Lipinski definition) is 2. The fourth-order valence-corrected chi connectivity index (χ4v) is 4.27. The Labute approximate surface area is 204 Å². The lowest BCUT2D eigenvalue weighted by atomic mass is 9.87. The number of anilines is 1. The zero-order chi connectivity index (χ0) is 25.5. The third-order valence-corrected chi connectivity index (χ3v) is 6.16. The maximum atomic E-state index is 12.6. The second-order valence-electron chi connectivity index (χ2n) is 9.41. The minimum absolute atomic E-state index is 0.0352. The molecule has 2 aromatic carbocycles. The van der Waals surface area contributed by atoms with Crippen LogP contribution in [0.15, 0.2) is 47.7 Å². The molecule has 1 unspecified atom stereocenters. The van der Waals surface area contributed by atoms with Gasteiger partial charge in [-0.1, -0.05) is 45.0 Å². The van der Waals surface area contributed by atoms with Crippen molar-refractivity contribution in [3.63, 3.8) is 0 Å². The first-order valence-corrected chi connectivity index (χ1v) is 11.2. The van der Waals surface area contributed by atoms with Gasteiger partial charge in [-0.3, -0.25) is 4.79 Å². The molecule has 0 saturated heterocycles. The number of primary amides is 1. The van der Waals surface area contributed by atoms with Crippen molar-refractivity contribution in [3.8, 4) is 28.6 Å². The van der Waals surface area contributed by atoms with Gasteiger partial charge < -0.3 is 25.3 Å². The molecule has 0 aliphatic carbocycles. The standard InChI is InChI=1S/C26H31N5O4/c1-14-21(23(27)32)22(17-12-19(34-6)20(35-7)13-18(17)33-5)31-25(28-14)29-24(30-31)15-8-10-16(11-9-15)26(2,3)4/h8-13,22H,1-7H3,(H2,27,32)(H,28,29,30). The van der Waals surface area contributed by atoms with E-state index in [4.69, 9.17) is 30.0 Å². The Morgan fingerprint density at radius 2 is 1.60 bits per heavy atom. The van der Waals surface area contributed by atoms with Crippen LogP contribution in [-0.4, -0.2) is 42.0 Å². The first-order chi connectivity index (χ1) is 16.6. The number of allylic oxidation sites excluding steroid dienone is 1. The summed E-state index contributed by atoms with van der Waals surface area (Å²) in [5.41, 5.74) is 9.53. The topological polar surface area (TPSA) is 114 Å². The zero-order valence-corrected chi connectivity index (χ0v) is 21.1. The number of nitrogens with one attached hydrogen (secondary N) is 1. The molecule has 0 radical (unpaired) electrons. The van der Waals surface area contributed by atoms with Gasteiger partial charge in [0.1, 0.15) is 11.8 Å². The van der Waals surface area contributed by atoms with Crippen molar-refractivity contribution in [2.75, 3.05) is 26.6 Å². The normalized spacial score (nSPS) is 15.3. The van der Waals surface area contributed by atoms with Gasteiger partial charge in [0.25, 0.3) is 0 Å². The first kappa shape index (κ1) is 24.1. The summed E-state index contributed by atoms with van der Waals surface area (Å²) in [6.07, 6.45) is 0. The maximum absolute atomic E-state index is 12.6. The highest BCUT2D eigenvalue weighted by Gasteiger charge is 2.36. The summed E-state index contributed by atoms with van der Waals surface area (Å²) in [5.74, 6) is 1.93. The number of benzene rings is 2. The first-order valence-electron chi connectivity index (χ1n) is 11.2. The number of fused-ring (bicyclic) bond motifs is 1. The summed E-state index contributed by atoms with van der Waals surface area (Å²) < 4.78 is 18.3. The van der Waals surface area contributed by atoms with Crippen LogP contribution in [0.4, 0.5) is 5.95 Å². The van der Waals surface area contributed by atoms with E-state index in [-0.39, 0.29) is 5.41 Å². The second-order valence-corrected chi connectivity index (χ2v) is 9.41. The molecular formula is C26H31N5O4. The van der Waals surface area contributed by atoms with E-state index in [0.717, 1.165) is 5.56 Å². The van der Waals surface area contributed by atoms with Gasteiger partial charge in [-0.15, -0.1) is 5.10 Å². The molecule has 9 heteroatoms. The lowest BCUT2D eigenvalue weighted by Gasteiger charge is -2.29. The summed E-state index contributed by atoms with van der Waals surface area (Å²) >= 11 is 0. The Kier molecular flexibility index (Phi) is 6.19. The molecule has 0 bridgehead atoms. The van der Waals surface area contributed by atoms with E-state index in [1.807, 2.05) is 12.1 Å². The minimum Gasteiger partial charge on any atom is -0.496 e. The number of carbonyl (C=O) groups is 1. The quantitative estimate of drug-likeness (QED) is 0.551. The number of aromatic nitrogens is 3. The smallest absolute Gasteiger partial charge is 0.248 e. The monoisotopic (exact) mass is 477 g/mol. The van der Waals surface area contributed by atoms with Gasteiger partial charge in [0.05, 0.1) is 26.9 Å². The second kappa shape index (κ2) is 8.98. The van der Waals surface area contributed by atoms with Crippen LogP contribution in [0.5, 0.6) is 17.2 Å². The van der Waals surface area contributed by atoms with Crippen LogP contribution < -0.4 is 25.3 Å². The van der Waals surface area contributed by atoms with Crippen LogP contribution in [0.2, 0.25) is 0 Å². The van der Waals surface area contributed by atoms with Gasteiger partial charge in [0.2, 0.25) is 11.9 Å². The number of carbonyl (C=O) groups excluding carboxylic acids is 1. The highest BCUT2D eigenvalue weighted by Crippen LogP contribution is 2.44. The van der Waals surface area contributed by atoms with E-state index in [2.05, 4.69) is 38.2 Å². The van der Waals surface area contributed by atoms with Crippen LogP contribution >= 0.6 is 0 Å². The average Bonchev–Trinajstić information content (AvgIpc) is 3.25. The number of nitrogens with zero attached hydrogens (tertiary/aromatic N) is 3. The fourth-order valence-electron chi connectivity index (χ4n) is 4.27. The van der Waals surface area contributed by atoms with Crippen LogP contribution in [0.25, 0.3) is 11.4 Å². The highest BCUT2D eigenvalue weighted by molar-refractivity contribution is 5.95. The largest absolute Gasteiger partial charge is 0.496 e. The molecule has 0 fully saturated rings. The van der Waals surface area contributed by atoms with Gasteiger partial charge in [0.15, 0.2) is 17.3 Å². The predicted molar refractivity (Wildman–Crippen MR) is 134 cm³/mol. The lowest BCUT2D eigenvalue weighted by Crippen LogP contribution is -2.32. The molecule has 35 heavy (non-hydrogen) atoms. The van der Waals surface area contributed by atoms with Crippen LogP contribution in [-0.2, 0) is 10.2 Å². The van der Waals surface area contributed by atoms with Crippen LogP contribution in [0, 0.1) is 0 Å². The van der Waals surface area contributed by atoms with E-state index >= 15 is 0 Å². The maximum Gasteiger partial charge on any atom is 0.248 e. The number of rotatable bonds is 6. The SMILES string of the molecule is COc1cc(OC)c(C2C(C(N)=O)=C(C)Nc3nc(-c4ccc(C(C)(C)C)cc4)nn32)cc1OC. The van der Waals surface area contributed by atoms with E-state index in [9.17, 15) is 4.79 Å². The number of methoxy groups -OCH3 is 3. The number of ether oxygens (including phenoxy) is 3. The molecular weight excluding hydrogens is 446 g/mol. The van der Waals surface area contributed by atoms with Crippen molar-refractivity contribution < 1.29 is 19.0 Å². The molecule has 9 nitrogen and oxygen atoms in total. The Hall–Kier alpha value is -4.01. The molecule has 1 aliphatic heterocycles. The third-order valence-electron chi connectivity index (χ3n) is 6.16. The zero-order valence-electron chi connectivity index (χ0n) is 21.1. The molecule has 2 heterocycles. The Bertz CT molecular complexity index is 1300. The number of nitrogens with two attached hydrogens (primary N) is 1. The molecule has 1 atom stereocenters. The van der Waals surface area contributed by atoms with Gasteiger partial charge in [-0.2, -0.15) is 4.98 Å². The molecule has 3 aromatic rings. The minimum atomic E-state index is -0.686. The molecule has 0 saturated carbocycles. The summed E-state index contributed by atoms with van der Waals surface area (Å²) in [4.78, 5) is 17.3. The van der Waals surface area contributed by atoms with Gasteiger partial charge in [-0.05, 0) is 24.0 Å². The van der Waals surface area contributed by atoms with E-state index in [1.54, 1.807) is 45.1 Å². The molecule has 3 N–H and O–H groups in total. The lowest BCUT2D eigenvalue weighted by molar-refractivity contribution is -0.115. The molecule has 0 spiro atoms. The summed E-state index contributed by atoms with van der Waals surface area (Å²) in [6.45, 7) is 8.29. The van der Waals surface area contributed by atoms with Crippen molar-refractivity contribution >= 4 is 11.9 Å². The number of hydrogen-bond acceptors (Lipinski definition) is 7. The molecule has 1 amide bonds. The fraction of sp³-hybridized carbons (Fsp3) is 0.346. The summed E-state index contributed by atoms with van der Waals surface area (Å²) in [5, 5.41) is 7.96. The molecule has 1 aliphatic rings. The molecule has 184 valence electrons. The van der Waals surface area contributed by atoms with Crippen molar-refractivity contribution in [2.45, 2.75) is 39.2 Å². The predicted octanol–water partition coefficient (Wildman–Crippen LogP) is 4.04.